The standard InChI is InChI=1S/C18H24FNS/c1-2-10-20-14-16(8-9-18-7-4-11-21-18)12-15-5-3-6-17(19)13-15/h3-7,11,13,16,20H,2,8-10,12,14H2,1H3. The summed E-state index contributed by atoms with van der Waals surface area (Å²) in [5.41, 5.74) is 1.10. The Kier molecular flexibility index (Phi) is 6.90. The minimum absolute atomic E-state index is 0.133. The molecule has 2 rings (SSSR count). The molecule has 0 amide bonds. The van der Waals surface area contributed by atoms with Gasteiger partial charge in [0.25, 0.3) is 0 Å². The van der Waals surface area contributed by atoms with Gasteiger partial charge in [-0.1, -0.05) is 25.1 Å². The van der Waals surface area contributed by atoms with Crippen molar-refractivity contribution in [1.29, 1.82) is 0 Å². The molecule has 0 spiro atoms. The fourth-order valence-electron chi connectivity index (χ4n) is 2.56. The Morgan fingerprint density at radius 3 is 2.86 bits per heavy atom. The van der Waals surface area contributed by atoms with E-state index in [-0.39, 0.29) is 5.82 Å². The molecular formula is C18H24FNS. The first kappa shape index (κ1) is 16.2. The van der Waals surface area contributed by atoms with E-state index in [1.54, 1.807) is 12.1 Å². The number of rotatable bonds is 9. The lowest BCUT2D eigenvalue weighted by atomic mass is 9.94. The van der Waals surface area contributed by atoms with Gasteiger partial charge in [-0.25, -0.2) is 4.39 Å². The summed E-state index contributed by atoms with van der Waals surface area (Å²) in [7, 11) is 0. The van der Waals surface area contributed by atoms with Gasteiger partial charge in [0.1, 0.15) is 5.82 Å². The van der Waals surface area contributed by atoms with Crippen LogP contribution in [0.3, 0.4) is 0 Å². The number of halogens is 1. The average molecular weight is 305 g/mol. The fraction of sp³-hybridized carbons (Fsp3) is 0.444. The number of hydrogen-bond acceptors (Lipinski definition) is 2. The van der Waals surface area contributed by atoms with E-state index in [9.17, 15) is 4.39 Å². The molecule has 0 fully saturated rings. The summed E-state index contributed by atoms with van der Waals surface area (Å²) in [6.45, 7) is 4.24. The lowest BCUT2D eigenvalue weighted by Crippen LogP contribution is -2.25. The first-order valence-corrected chi connectivity index (χ1v) is 8.63. The summed E-state index contributed by atoms with van der Waals surface area (Å²) < 4.78 is 13.3. The third-order valence-corrected chi connectivity index (χ3v) is 4.59. The van der Waals surface area contributed by atoms with Crippen LogP contribution in [0.2, 0.25) is 0 Å². The van der Waals surface area contributed by atoms with Crippen LogP contribution < -0.4 is 5.32 Å². The summed E-state index contributed by atoms with van der Waals surface area (Å²) >= 11 is 1.82. The summed E-state index contributed by atoms with van der Waals surface area (Å²) in [6, 6.07) is 11.3. The number of thiophene rings is 1. The Bertz CT molecular complexity index is 510. The summed E-state index contributed by atoms with van der Waals surface area (Å²) in [4.78, 5) is 1.44. The molecule has 0 saturated heterocycles. The maximum atomic E-state index is 13.3. The first-order valence-electron chi connectivity index (χ1n) is 7.75. The largest absolute Gasteiger partial charge is 0.316 e. The van der Waals surface area contributed by atoms with Crippen molar-refractivity contribution in [1.82, 2.24) is 5.32 Å². The van der Waals surface area contributed by atoms with E-state index in [0.29, 0.717) is 5.92 Å². The average Bonchev–Trinajstić information content (AvgIpc) is 2.98. The van der Waals surface area contributed by atoms with Crippen molar-refractivity contribution in [3.8, 4) is 0 Å². The van der Waals surface area contributed by atoms with Crippen LogP contribution in [0, 0.1) is 11.7 Å². The van der Waals surface area contributed by atoms with Crippen molar-refractivity contribution in [2.45, 2.75) is 32.6 Å². The first-order chi connectivity index (χ1) is 10.3. The minimum atomic E-state index is -0.133. The molecule has 0 aliphatic heterocycles. The van der Waals surface area contributed by atoms with Crippen molar-refractivity contribution in [3.05, 3.63) is 58.0 Å². The van der Waals surface area contributed by atoms with Gasteiger partial charge in [-0.2, -0.15) is 0 Å². The fourth-order valence-corrected chi connectivity index (χ4v) is 3.28. The molecule has 0 radical (unpaired) electrons. The normalized spacial score (nSPS) is 12.5. The summed E-state index contributed by atoms with van der Waals surface area (Å²) in [6.07, 6.45) is 4.36. The van der Waals surface area contributed by atoms with Crippen molar-refractivity contribution in [2.75, 3.05) is 13.1 Å². The van der Waals surface area contributed by atoms with Crippen LogP contribution in [0.1, 0.15) is 30.2 Å². The number of nitrogens with one attached hydrogen (secondary N) is 1. The molecule has 3 heteroatoms. The molecule has 1 aromatic carbocycles. The van der Waals surface area contributed by atoms with Gasteiger partial charge in [-0.3, -0.25) is 0 Å². The molecule has 1 aromatic heterocycles. The highest BCUT2D eigenvalue weighted by Gasteiger charge is 2.11. The highest BCUT2D eigenvalue weighted by molar-refractivity contribution is 7.09. The highest BCUT2D eigenvalue weighted by atomic mass is 32.1. The monoisotopic (exact) mass is 305 g/mol. The van der Waals surface area contributed by atoms with Crippen LogP contribution in [0.25, 0.3) is 0 Å². The van der Waals surface area contributed by atoms with Crippen molar-refractivity contribution in [3.63, 3.8) is 0 Å². The van der Waals surface area contributed by atoms with Crippen LogP contribution >= 0.6 is 11.3 Å². The molecule has 1 atom stereocenters. The van der Waals surface area contributed by atoms with Crippen molar-refractivity contribution in [2.24, 2.45) is 5.92 Å². The lowest BCUT2D eigenvalue weighted by Gasteiger charge is -2.17. The van der Waals surface area contributed by atoms with Crippen molar-refractivity contribution >= 4 is 11.3 Å². The smallest absolute Gasteiger partial charge is 0.123 e. The molecule has 0 aliphatic rings. The number of hydrogen-bond donors (Lipinski definition) is 1. The molecule has 2 aromatic rings. The molecule has 0 saturated carbocycles. The van der Waals surface area contributed by atoms with Crippen LogP contribution in [0.4, 0.5) is 4.39 Å². The molecular weight excluding hydrogens is 281 g/mol. The molecule has 114 valence electrons. The van der Waals surface area contributed by atoms with Gasteiger partial charge in [0.05, 0.1) is 0 Å². The quantitative estimate of drug-likeness (QED) is 0.663. The Morgan fingerprint density at radius 2 is 2.14 bits per heavy atom. The van der Waals surface area contributed by atoms with Crippen molar-refractivity contribution < 1.29 is 4.39 Å². The zero-order chi connectivity index (χ0) is 14.9. The van der Waals surface area contributed by atoms with E-state index < -0.39 is 0 Å². The molecule has 1 unspecified atom stereocenters. The van der Waals surface area contributed by atoms with E-state index in [2.05, 4.69) is 29.8 Å². The molecule has 1 heterocycles. The predicted octanol–water partition coefficient (Wildman–Crippen LogP) is 4.68. The van der Waals surface area contributed by atoms with Gasteiger partial charge < -0.3 is 5.32 Å². The van der Waals surface area contributed by atoms with Gasteiger partial charge in [0.2, 0.25) is 0 Å². The topological polar surface area (TPSA) is 12.0 Å². The lowest BCUT2D eigenvalue weighted by molar-refractivity contribution is 0.444. The van der Waals surface area contributed by atoms with Gasteiger partial charge in [-0.15, -0.1) is 11.3 Å². The highest BCUT2D eigenvalue weighted by Crippen LogP contribution is 2.18. The van der Waals surface area contributed by atoms with E-state index in [4.69, 9.17) is 0 Å². The molecule has 0 aliphatic carbocycles. The zero-order valence-electron chi connectivity index (χ0n) is 12.6. The molecule has 21 heavy (non-hydrogen) atoms. The van der Waals surface area contributed by atoms with E-state index in [0.717, 1.165) is 44.3 Å². The Hall–Kier alpha value is -1.19. The van der Waals surface area contributed by atoms with E-state index in [1.807, 2.05) is 17.4 Å². The molecule has 1 nitrogen and oxygen atoms in total. The number of aryl methyl sites for hydroxylation is 1. The maximum Gasteiger partial charge on any atom is 0.123 e. The maximum absolute atomic E-state index is 13.3. The zero-order valence-corrected chi connectivity index (χ0v) is 13.5. The van der Waals surface area contributed by atoms with E-state index in [1.165, 1.54) is 10.9 Å². The van der Waals surface area contributed by atoms with Gasteiger partial charge in [0.15, 0.2) is 0 Å². The van der Waals surface area contributed by atoms with Gasteiger partial charge in [-0.05, 0) is 73.8 Å². The van der Waals surface area contributed by atoms with Crippen LogP contribution in [0.5, 0.6) is 0 Å². The SMILES string of the molecule is CCCNCC(CCc1cccs1)Cc1cccc(F)c1. The second kappa shape index (κ2) is 8.96. The third-order valence-electron chi connectivity index (χ3n) is 3.65. The summed E-state index contributed by atoms with van der Waals surface area (Å²) in [5.74, 6) is 0.423. The predicted molar refractivity (Wildman–Crippen MR) is 89.4 cm³/mol. The van der Waals surface area contributed by atoms with Crippen LogP contribution in [0.15, 0.2) is 41.8 Å². The molecule has 0 bridgehead atoms. The van der Waals surface area contributed by atoms with Crippen LogP contribution in [-0.4, -0.2) is 13.1 Å². The Balaban J connectivity index is 1.90. The Labute approximate surface area is 131 Å². The molecule has 1 N–H and O–H groups in total. The number of benzene rings is 1. The third kappa shape index (κ3) is 5.98. The van der Waals surface area contributed by atoms with E-state index >= 15 is 0 Å². The van der Waals surface area contributed by atoms with Gasteiger partial charge in [0, 0.05) is 4.88 Å². The summed E-state index contributed by atoms with van der Waals surface area (Å²) in [5, 5.41) is 5.64. The second-order valence-electron chi connectivity index (χ2n) is 5.52. The second-order valence-corrected chi connectivity index (χ2v) is 6.55. The Morgan fingerprint density at radius 1 is 1.24 bits per heavy atom. The minimum Gasteiger partial charge on any atom is -0.316 e. The van der Waals surface area contributed by atoms with Gasteiger partial charge >= 0.3 is 0 Å². The van der Waals surface area contributed by atoms with Crippen LogP contribution in [-0.2, 0) is 12.8 Å².